The van der Waals surface area contributed by atoms with E-state index >= 15 is 0 Å². The maximum absolute atomic E-state index is 11.0. The lowest BCUT2D eigenvalue weighted by atomic mass is 10.2. The molecule has 2 amide bonds. The van der Waals surface area contributed by atoms with Gasteiger partial charge in [0.2, 0.25) is 0 Å². The third-order valence-corrected chi connectivity index (χ3v) is 3.40. The largest absolute Gasteiger partial charge is 0.480 e. The van der Waals surface area contributed by atoms with Crippen molar-refractivity contribution in [2.24, 2.45) is 0 Å². The molecular weight excluding hydrogens is 270 g/mol. The van der Waals surface area contributed by atoms with Gasteiger partial charge >= 0.3 is 18.2 Å². The molecule has 20 heavy (non-hydrogen) atoms. The van der Waals surface area contributed by atoms with Gasteiger partial charge in [0, 0.05) is 39.3 Å². The Morgan fingerprint density at radius 1 is 0.800 bits per heavy atom. The smallest absolute Gasteiger partial charge is 0.407 e. The van der Waals surface area contributed by atoms with E-state index in [0.717, 1.165) is 9.80 Å². The van der Waals surface area contributed by atoms with E-state index in [-0.39, 0.29) is 39.3 Å². The van der Waals surface area contributed by atoms with Crippen molar-refractivity contribution in [1.82, 2.24) is 14.7 Å². The van der Waals surface area contributed by atoms with Crippen molar-refractivity contribution < 1.29 is 29.7 Å². The van der Waals surface area contributed by atoms with Gasteiger partial charge in [-0.25, -0.2) is 9.59 Å². The van der Waals surface area contributed by atoms with E-state index in [4.69, 9.17) is 15.3 Å². The number of aliphatic carboxylic acids is 1. The molecule has 0 aromatic heterocycles. The lowest BCUT2D eigenvalue weighted by molar-refractivity contribution is -0.142. The van der Waals surface area contributed by atoms with Crippen LogP contribution >= 0.6 is 0 Å². The van der Waals surface area contributed by atoms with Gasteiger partial charge in [-0.3, -0.25) is 9.69 Å². The third kappa shape index (κ3) is 4.26. The molecule has 0 aromatic carbocycles. The highest BCUT2D eigenvalue weighted by Crippen LogP contribution is 2.05. The summed E-state index contributed by atoms with van der Waals surface area (Å²) in [6.45, 7) is 2.48. The van der Waals surface area contributed by atoms with Gasteiger partial charge in [-0.2, -0.15) is 0 Å². The first kappa shape index (κ1) is 16.0. The summed E-state index contributed by atoms with van der Waals surface area (Å²) < 4.78 is 0. The minimum Gasteiger partial charge on any atom is -0.480 e. The van der Waals surface area contributed by atoms with Gasteiger partial charge in [-0.15, -0.1) is 0 Å². The van der Waals surface area contributed by atoms with Crippen molar-refractivity contribution in [3.63, 3.8) is 0 Å². The summed E-state index contributed by atoms with van der Waals surface area (Å²) in [5.41, 5.74) is 0. The van der Waals surface area contributed by atoms with Gasteiger partial charge in [0.1, 0.15) is 6.04 Å². The Morgan fingerprint density at radius 2 is 1.15 bits per heavy atom. The average molecular weight is 289 g/mol. The predicted octanol–water partition coefficient (Wildman–Crippen LogP) is -0.265. The van der Waals surface area contributed by atoms with Crippen LogP contribution in [-0.2, 0) is 4.79 Å². The van der Waals surface area contributed by atoms with Crippen LogP contribution in [0, 0.1) is 0 Å². The molecule has 1 aliphatic heterocycles. The Kier molecular flexibility index (Phi) is 5.56. The molecule has 0 spiro atoms. The first-order valence-electron chi connectivity index (χ1n) is 6.25. The molecule has 1 heterocycles. The molecule has 0 aromatic rings. The summed E-state index contributed by atoms with van der Waals surface area (Å²) in [6, 6.07) is -0.792. The summed E-state index contributed by atoms with van der Waals surface area (Å²) in [6.07, 6.45) is -2.28. The number of carbonyl (C=O) groups is 3. The van der Waals surface area contributed by atoms with Crippen LogP contribution < -0.4 is 0 Å². The van der Waals surface area contributed by atoms with Gasteiger partial charge in [0.25, 0.3) is 0 Å². The standard InChI is InChI=1S/C11H19N3O6/c1-8(9(15)16)12-2-4-13(10(17)18)6-7-14(5-3-12)11(19)20/h8H,2-7H2,1H3,(H,15,16)(H,17,18)(H,19,20). The van der Waals surface area contributed by atoms with Crippen LogP contribution in [0.5, 0.6) is 0 Å². The topological polar surface area (TPSA) is 122 Å². The molecule has 3 N–H and O–H groups in total. The zero-order valence-electron chi connectivity index (χ0n) is 11.2. The van der Waals surface area contributed by atoms with E-state index in [2.05, 4.69) is 0 Å². The van der Waals surface area contributed by atoms with Crippen LogP contribution in [0.25, 0.3) is 0 Å². The van der Waals surface area contributed by atoms with E-state index in [9.17, 15) is 14.4 Å². The van der Waals surface area contributed by atoms with E-state index in [1.807, 2.05) is 0 Å². The highest BCUT2D eigenvalue weighted by Gasteiger charge is 2.26. The number of rotatable bonds is 2. The Hall–Kier alpha value is -2.03. The molecule has 114 valence electrons. The van der Waals surface area contributed by atoms with Gasteiger partial charge in [0.05, 0.1) is 0 Å². The first-order chi connectivity index (χ1) is 9.32. The summed E-state index contributed by atoms with van der Waals surface area (Å²) >= 11 is 0. The van der Waals surface area contributed by atoms with Crippen molar-refractivity contribution >= 4 is 18.2 Å². The second-order valence-corrected chi connectivity index (χ2v) is 4.59. The minimum absolute atomic E-state index is 0.0803. The number of hydrogen-bond donors (Lipinski definition) is 3. The molecule has 1 saturated heterocycles. The minimum atomic E-state index is -1.14. The Labute approximate surface area is 116 Å². The van der Waals surface area contributed by atoms with Gasteiger partial charge in [0.15, 0.2) is 0 Å². The van der Waals surface area contributed by atoms with Crippen molar-refractivity contribution in [3.05, 3.63) is 0 Å². The van der Waals surface area contributed by atoms with Crippen LogP contribution in [0.1, 0.15) is 6.92 Å². The average Bonchev–Trinajstić information content (AvgIpc) is 2.47. The second kappa shape index (κ2) is 6.94. The molecular formula is C11H19N3O6. The lowest BCUT2D eigenvalue weighted by Gasteiger charge is -2.27. The van der Waals surface area contributed by atoms with Gasteiger partial charge < -0.3 is 25.1 Å². The van der Waals surface area contributed by atoms with E-state index in [1.165, 1.54) is 6.92 Å². The fraction of sp³-hybridized carbons (Fsp3) is 0.727. The molecule has 0 radical (unpaired) electrons. The molecule has 9 heteroatoms. The van der Waals surface area contributed by atoms with Gasteiger partial charge in [-0.1, -0.05) is 0 Å². The molecule has 0 bridgehead atoms. The summed E-state index contributed by atoms with van der Waals surface area (Å²) in [7, 11) is 0. The molecule has 1 rings (SSSR count). The fourth-order valence-corrected chi connectivity index (χ4v) is 2.00. The van der Waals surface area contributed by atoms with E-state index in [0.29, 0.717) is 0 Å². The molecule has 1 unspecified atom stereocenters. The van der Waals surface area contributed by atoms with Crippen LogP contribution in [0.15, 0.2) is 0 Å². The number of carboxylic acid groups (broad SMARTS) is 3. The highest BCUT2D eigenvalue weighted by molar-refractivity contribution is 5.73. The predicted molar refractivity (Wildman–Crippen MR) is 67.9 cm³/mol. The Bertz CT molecular complexity index is 362. The maximum atomic E-state index is 11.0. The fourth-order valence-electron chi connectivity index (χ4n) is 2.00. The van der Waals surface area contributed by atoms with Gasteiger partial charge in [-0.05, 0) is 6.92 Å². The summed E-state index contributed by atoms with van der Waals surface area (Å²) in [5, 5.41) is 27.1. The molecule has 1 fully saturated rings. The van der Waals surface area contributed by atoms with E-state index in [1.54, 1.807) is 4.90 Å². The summed E-state index contributed by atoms with van der Waals surface area (Å²) in [4.78, 5) is 36.9. The van der Waals surface area contributed by atoms with Crippen LogP contribution in [-0.4, -0.2) is 93.5 Å². The Balaban J connectivity index is 2.83. The van der Waals surface area contributed by atoms with Crippen molar-refractivity contribution in [1.29, 1.82) is 0 Å². The van der Waals surface area contributed by atoms with Crippen molar-refractivity contribution in [3.8, 4) is 0 Å². The number of amides is 2. The second-order valence-electron chi connectivity index (χ2n) is 4.59. The zero-order valence-corrected chi connectivity index (χ0v) is 11.2. The third-order valence-electron chi connectivity index (χ3n) is 3.40. The quantitative estimate of drug-likeness (QED) is 0.640. The lowest BCUT2D eigenvalue weighted by Crippen LogP contribution is -2.45. The maximum Gasteiger partial charge on any atom is 0.407 e. The zero-order chi connectivity index (χ0) is 15.3. The Morgan fingerprint density at radius 3 is 1.45 bits per heavy atom. The number of hydrogen-bond acceptors (Lipinski definition) is 4. The van der Waals surface area contributed by atoms with Crippen molar-refractivity contribution in [2.75, 3.05) is 39.3 Å². The monoisotopic (exact) mass is 289 g/mol. The highest BCUT2D eigenvalue weighted by atomic mass is 16.4. The molecule has 1 aliphatic rings. The van der Waals surface area contributed by atoms with Crippen molar-refractivity contribution in [2.45, 2.75) is 13.0 Å². The van der Waals surface area contributed by atoms with Crippen LogP contribution in [0.2, 0.25) is 0 Å². The molecule has 1 atom stereocenters. The normalized spacial score (nSPS) is 19.6. The molecule has 0 aliphatic carbocycles. The SMILES string of the molecule is CC(C(=O)O)N1CCN(C(=O)O)CCN(C(=O)O)CC1. The first-order valence-corrected chi connectivity index (χ1v) is 6.25. The number of carboxylic acids is 1. The van der Waals surface area contributed by atoms with Crippen LogP contribution in [0.3, 0.4) is 0 Å². The van der Waals surface area contributed by atoms with Crippen LogP contribution in [0.4, 0.5) is 9.59 Å². The summed E-state index contributed by atoms with van der Waals surface area (Å²) in [5.74, 6) is -1.02. The van der Waals surface area contributed by atoms with E-state index < -0.39 is 24.2 Å². The molecule has 0 saturated carbocycles. The molecule has 9 nitrogen and oxygen atoms in total. The number of nitrogens with zero attached hydrogens (tertiary/aromatic N) is 3.